The summed E-state index contributed by atoms with van der Waals surface area (Å²) in [6.45, 7) is 1.46. The van der Waals surface area contributed by atoms with E-state index in [1.807, 2.05) is 0 Å². The molecule has 0 saturated carbocycles. The number of non-ortho nitro benzene ring substituents is 1. The number of benzene rings is 2. The van der Waals surface area contributed by atoms with Crippen LogP contribution in [0.1, 0.15) is 17.0 Å². The number of aryl methyl sites for hydroxylation is 1. The summed E-state index contributed by atoms with van der Waals surface area (Å²) < 4.78 is 10.4. The van der Waals surface area contributed by atoms with E-state index in [-0.39, 0.29) is 28.6 Å². The first-order valence-electron chi connectivity index (χ1n) is 8.25. The fourth-order valence-corrected chi connectivity index (χ4v) is 2.51. The number of hydrogen-bond donors (Lipinski definition) is 0. The molecule has 30 heavy (non-hydrogen) atoms. The highest BCUT2D eigenvalue weighted by Crippen LogP contribution is 2.34. The van der Waals surface area contributed by atoms with Gasteiger partial charge < -0.3 is 9.26 Å². The van der Waals surface area contributed by atoms with Gasteiger partial charge in [0.2, 0.25) is 11.5 Å². The lowest BCUT2D eigenvalue weighted by atomic mass is 10.2. The summed E-state index contributed by atoms with van der Waals surface area (Å²) >= 11 is 0. The average Bonchev–Trinajstić information content (AvgIpc) is 3.08. The van der Waals surface area contributed by atoms with Gasteiger partial charge in [0.05, 0.1) is 20.8 Å². The molecular formula is C18H12N4O8. The Balaban J connectivity index is 1.79. The minimum Gasteiger partial charge on any atom is -0.450 e. The van der Waals surface area contributed by atoms with Crippen molar-refractivity contribution in [2.75, 3.05) is 0 Å². The zero-order chi connectivity index (χ0) is 21.8. The van der Waals surface area contributed by atoms with Crippen LogP contribution in [0, 0.1) is 37.3 Å². The summed E-state index contributed by atoms with van der Waals surface area (Å²) in [5.74, 6) is 0.103. The molecule has 0 aliphatic rings. The Bertz CT molecular complexity index is 1170. The van der Waals surface area contributed by atoms with E-state index in [2.05, 4.69) is 5.16 Å². The molecule has 12 heteroatoms. The van der Waals surface area contributed by atoms with Gasteiger partial charge in [-0.1, -0.05) is 23.4 Å². The summed E-state index contributed by atoms with van der Waals surface area (Å²) in [5, 5.41) is 36.6. The topological polar surface area (TPSA) is 165 Å². The van der Waals surface area contributed by atoms with Gasteiger partial charge in [0.25, 0.3) is 5.69 Å². The molecular weight excluding hydrogens is 400 g/mol. The highest BCUT2D eigenvalue weighted by Gasteiger charge is 2.22. The molecule has 3 rings (SSSR count). The van der Waals surface area contributed by atoms with Crippen molar-refractivity contribution in [1.82, 2.24) is 5.16 Å². The van der Waals surface area contributed by atoms with E-state index in [1.54, 1.807) is 18.2 Å². The Morgan fingerprint density at radius 2 is 1.63 bits per heavy atom. The van der Waals surface area contributed by atoms with Crippen LogP contribution in [0.2, 0.25) is 0 Å². The number of ether oxygens (including phenoxy) is 1. The summed E-state index contributed by atoms with van der Waals surface area (Å²) in [7, 11) is 0. The van der Waals surface area contributed by atoms with Crippen LogP contribution in [-0.2, 0) is 0 Å². The largest absolute Gasteiger partial charge is 0.450 e. The third kappa shape index (κ3) is 4.27. The number of hydrogen-bond acceptors (Lipinski definition) is 9. The van der Waals surface area contributed by atoms with Crippen molar-refractivity contribution < 1.29 is 24.0 Å². The first-order chi connectivity index (χ1) is 14.3. The summed E-state index contributed by atoms with van der Waals surface area (Å²) in [6.07, 6.45) is 2.96. The summed E-state index contributed by atoms with van der Waals surface area (Å²) in [4.78, 5) is 30.9. The van der Waals surface area contributed by atoms with Crippen molar-refractivity contribution in [2.45, 2.75) is 6.92 Å². The molecule has 1 aromatic heterocycles. The van der Waals surface area contributed by atoms with Crippen molar-refractivity contribution in [3.8, 4) is 11.5 Å². The maximum atomic E-state index is 11.2. The van der Waals surface area contributed by atoms with Gasteiger partial charge in [-0.25, -0.2) is 0 Å². The molecule has 0 spiro atoms. The SMILES string of the molecule is Cc1noc(/C=C\c2ccc(Oc3ccc([N+](=O)[O-])cc3[N+](=O)[O-])cc2)c1[N+](=O)[O-]. The molecule has 0 fully saturated rings. The zero-order valence-electron chi connectivity index (χ0n) is 15.3. The second kappa shape index (κ2) is 8.18. The predicted molar refractivity (Wildman–Crippen MR) is 103 cm³/mol. The lowest BCUT2D eigenvalue weighted by Crippen LogP contribution is -1.96. The quantitative estimate of drug-likeness (QED) is 0.396. The molecule has 1 heterocycles. The molecule has 0 aliphatic heterocycles. The van der Waals surface area contributed by atoms with Gasteiger partial charge in [0, 0.05) is 6.07 Å². The van der Waals surface area contributed by atoms with Crippen LogP contribution in [0.5, 0.6) is 11.5 Å². The summed E-state index contributed by atoms with van der Waals surface area (Å²) in [5.41, 5.74) is -0.388. The number of aromatic nitrogens is 1. The van der Waals surface area contributed by atoms with E-state index < -0.39 is 26.1 Å². The standard InChI is InChI=1S/C18H12N4O8/c1-11-18(22(27)28)17(30-19-11)8-4-12-2-6-14(7-3-12)29-16-9-5-13(20(23)24)10-15(16)21(25)26/h2-10H,1H3/b8-4-. The van der Waals surface area contributed by atoms with Gasteiger partial charge in [-0.2, -0.15) is 0 Å². The number of rotatable bonds is 7. The zero-order valence-corrected chi connectivity index (χ0v) is 15.3. The van der Waals surface area contributed by atoms with Gasteiger partial charge in [0.15, 0.2) is 5.69 Å². The minimum absolute atomic E-state index is 0.000619. The highest BCUT2D eigenvalue weighted by atomic mass is 16.6. The smallest absolute Gasteiger partial charge is 0.338 e. The van der Waals surface area contributed by atoms with E-state index in [4.69, 9.17) is 9.26 Å². The lowest BCUT2D eigenvalue weighted by Gasteiger charge is -2.06. The molecule has 0 bridgehead atoms. The van der Waals surface area contributed by atoms with Crippen molar-refractivity contribution in [2.24, 2.45) is 0 Å². The molecule has 0 amide bonds. The molecule has 0 saturated heterocycles. The Morgan fingerprint density at radius 1 is 0.933 bits per heavy atom. The second-order valence-electron chi connectivity index (χ2n) is 5.91. The van der Waals surface area contributed by atoms with Gasteiger partial charge in [-0.05, 0) is 36.8 Å². The molecule has 152 valence electrons. The normalized spacial score (nSPS) is 10.8. The second-order valence-corrected chi connectivity index (χ2v) is 5.91. The lowest BCUT2D eigenvalue weighted by molar-refractivity contribution is -0.394. The van der Waals surface area contributed by atoms with Crippen molar-refractivity contribution in [3.63, 3.8) is 0 Å². The van der Waals surface area contributed by atoms with Crippen LogP contribution in [0.3, 0.4) is 0 Å². The molecule has 0 aliphatic carbocycles. The molecule has 0 unspecified atom stereocenters. The van der Waals surface area contributed by atoms with E-state index in [0.717, 1.165) is 18.2 Å². The van der Waals surface area contributed by atoms with E-state index in [1.165, 1.54) is 25.1 Å². The van der Waals surface area contributed by atoms with Gasteiger partial charge in [-0.15, -0.1) is 0 Å². The Morgan fingerprint density at radius 3 is 2.23 bits per heavy atom. The molecule has 3 aromatic rings. The Kier molecular flexibility index (Phi) is 5.49. The first-order valence-corrected chi connectivity index (χ1v) is 8.25. The fraction of sp³-hybridized carbons (Fsp3) is 0.0556. The van der Waals surface area contributed by atoms with Gasteiger partial charge in [0.1, 0.15) is 5.75 Å². The molecule has 2 aromatic carbocycles. The maximum Gasteiger partial charge on any atom is 0.338 e. The van der Waals surface area contributed by atoms with E-state index >= 15 is 0 Å². The first kappa shape index (κ1) is 20.1. The van der Waals surface area contributed by atoms with Crippen LogP contribution in [-0.4, -0.2) is 19.9 Å². The van der Waals surface area contributed by atoms with Gasteiger partial charge in [-0.3, -0.25) is 30.3 Å². The number of nitrogens with zero attached hydrogens (tertiary/aromatic N) is 4. The van der Waals surface area contributed by atoms with E-state index in [9.17, 15) is 30.3 Å². The highest BCUT2D eigenvalue weighted by molar-refractivity contribution is 5.72. The number of nitro benzene ring substituents is 2. The molecule has 0 radical (unpaired) electrons. The van der Waals surface area contributed by atoms with Crippen LogP contribution in [0.25, 0.3) is 12.2 Å². The third-order valence-corrected chi connectivity index (χ3v) is 3.92. The van der Waals surface area contributed by atoms with Crippen LogP contribution in [0.4, 0.5) is 17.1 Å². The Hall–Kier alpha value is -4.61. The fourth-order valence-electron chi connectivity index (χ4n) is 2.51. The predicted octanol–water partition coefficient (Wildman–Crippen LogP) is 4.67. The Labute approximate surface area is 167 Å². The van der Waals surface area contributed by atoms with Crippen LogP contribution >= 0.6 is 0 Å². The minimum atomic E-state index is -0.772. The third-order valence-electron chi connectivity index (χ3n) is 3.92. The number of nitro groups is 3. The van der Waals surface area contributed by atoms with Crippen LogP contribution < -0.4 is 4.74 Å². The molecule has 12 nitrogen and oxygen atoms in total. The van der Waals surface area contributed by atoms with Gasteiger partial charge >= 0.3 is 11.4 Å². The van der Waals surface area contributed by atoms with Crippen LogP contribution in [0.15, 0.2) is 47.0 Å². The van der Waals surface area contributed by atoms with E-state index in [0.29, 0.717) is 5.56 Å². The average molecular weight is 412 g/mol. The monoisotopic (exact) mass is 412 g/mol. The van der Waals surface area contributed by atoms with Crippen molar-refractivity contribution in [1.29, 1.82) is 0 Å². The van der Waals surface area contributed by atoms with Crippen molar-refractivity contribution >= 4 is 29.2 Å². The molecule has 0 N–H and O–H groups in total. The van der Waals surface area contributed by atoms with Crippen molar-refractivity contribution in [3.05, 3.63) is 89.8 Å². The summed E-state index contributed by atoms with van der Waals surface area (Å²) in [6, 6.07) is 9.33. The molecule has 0 atom stereocenters. The maximum absolute atomic E-state index is 11.2.